The van der Waals surface area contributed by atoms with Gasteiger partial charge in [-0.1, -0.05) is 6.07 Å². The van der Waals surface area contributed by atoms with Crippen LogP contribution in [0.3, 0.4) is 0 Å². The number of amides is 1. The molecule has 0 aliphatic carbocycles. The SMILES string of the molecule is Cc1cc2c(NC(=O)c3c[nH]c(=O)cn3)cccc2[nH]1. The predicted octanol–water partition coefficient (Wildman–Crippen LogP) is 1.81. The van der Waals surface area contributed by atoms with E-state index in [2.05, 4.69) is 20.3 Å². The second kappa shape index (κ2) is 4.65. The molecule has 0 aliphatic heterocycles. The zero-order valence-electron chi connectivity index (χ0n) is 10.7. The topological polar surface area (TPSA) is 90.6 Å². The highest BCUT2D eigenvalue weighted by molar-refractivity contribution is 6.07. The Hall–Kier alpha value is -2.89. The molecule has 0 bridgehead atoms. The van der Waals surface area contributed by atoms with E-state index in [1.165, 1.54) is 6.20 Å². The van der Waals surface area contributed by atoms with Crippen LogP contribution >= 0.6 is 0 Å². The molecule has 0 fully saturated rings. The van der Waals surface area contributed by atoms with E-state index in [-0.39, 0.29) is 17.2 Å². The van der Waals surface area contributed by atoms with E-state index < -0.39 is 0 Å². The molecule has 0 aliphatic rings. The quantitative estimate of drug-likeness (QED) is 0.662. The van der Waals surface area contributed by atoms with Gasteiger partial charge in [-0.05, 0) is 25.1 Å². The molecular formula is C14H12N4O2. The van der Waals surface area contributed by atoms with Gasteiger partial charge in [0, 0.05) is 22.8 Å². The van der Waals surface area contributed by atoms with Crippen LogP contribution in [0.15, 0.2) is 41.5 Å². The average molecular weight is 268 g/mol. The molecule has 100 valence electrons. The number of nitrogens with one attached hydrogen (secondary N) is 3. The minimum absolute atomic E-state index is 0.161. The van der Waals surface area contributed by atoms with Crippen LogP contribution in [0.1, 0.15) is 16.2 Å². The molecule has 0 saturated heterocycles. The summed E-state index contributed by atoms with van der Waals surface area (Å²) in [6.45, 7) is 1.95. The van der Waals surface area contributed by atoms with Gasteiger partial charge in [0.25, 0.3) is 11.5 Å². The van der Waals surface area contributed by atoms with E-state index in [4.69, 9.17) is 0 Å². The molecule has 2 aromatic heterocycles. The molecule has 3 rings (SSSR count). The largest absolute Gasteiger partial charge is 0.359 e. The standard InChI is InChI=1S/C14H12N4O2/c1-8-5-9-10(17-8)3-2-4-11(9)18-14(20)12-6-16-13(19)7-15-12/h2-7,17H,1H3,(H,16,19)(H,18,20). The third-order valence-corrected chi connectivity index (χ3v) is 2.95. The zero-order chi connectivity index (χ0) is 14.1. The van der Waals surface area contributed by atoms with Gasteiger partial charge in [-0.3, -0.25) is 9.59 Å². The molecule has 0 radical (unpaired) electrons. The number of aromatic nitrogens is 3. The van der Waals surface area contributed by atoms with Crippen molar-refractivity contribution >= 4 is 22.5 Å². The summed E-state index contributed by atoms with van der Waals surface area (Å²) in [7, 11) is 0. The van der Waals surface area contributed by atoms with Crippen LogP contribution in [0.25, 0.3) is 10.9 Å². The fourth-order valence-corrected chi connectivity index (χ4v) is 2.06. The van der Waals surface area contributed by atoms with Gasteiger partial charge >= 0.3 is 0 Å². The lowest BCUT2D eigenvalue weighted by Crippen LogP contribution is -2.17. The highest BCUT2D eigenvalue weighted by Gasteiger charge is 2.10. The van der Waals surface area contributed by atoms with Crippen molar-refractivity contribution in [1.29, 1.82) is 0 Å². The van der Waals surface area contributed by atoms with Crippen LogP contribution < -0.4 is 10.9 Å². The van der Waals surface area contributed by atoms with Crippen molar-refractivity contribution in [2.45, 2.75) is 6.92 Å². The first-order chi connectivity index (χ1) is 9.63. The minimum atomic E-state index is -0.368. The van der Waals surface area contributed by atoms with Crippen LogP contribution in [0.4, 0.5) is 5.69 Å². The maximum atomic E-state index is 12.1. The Morgan fingerprint density at radius 1 is 1.35 bits per heavy atom. The minimum Gasteiger partial charge on any atom is -0.359 e. The molecule has 0 saturated carbocycles. The molecule has 3 aromatic rings. The third-order valence-electron chi connectivity index (χ3n) is 2.95. The number of anilines is 1. The molecule has 1 aromatic carbocycles. The second-order valence-corrected chi connectivity index (χ2v) is 4.47. The summed E-state index contributed by atoms with van der Waals surface area (Å²) in [5, 5.41) is 3.72. The van der Waals surface area contributed by atoms with E-state index in [9.17, 15) is 9.59 Å². The number of hydrogen-bond acceptors (Lipinski definition) is 3. The summed E-state index contributed by atoms with van der Waals surface area (Å²) < 4.78 is 0. The van der Waals surface area contributed by atoms with Crippen LogP contribution in [0.5, 0.6) is 0 Å². The first-order valence-corrected chi connectivity index (χ1v) is 6.08. The van der Waals surface area contributed by atoms with Gasteiger partial charge in [0.1, 0.15) is 5.69 Å². The lowest BCUT2D eigenvalue weighted by atomic mass is 10.2. The summed E-state index contributed by atoms with van der Waals surface area (Å²) in [5.41, 5.74) is 2.49. The Balaban J connectivity index is 1.94. The predicted molar refractivity (Wildman–Crippen MR) is 75.8 cm³/mol. The van der Waals surface area contributed by atoms with Crippen molar-refractivity contribution in [3.63, 3.8) is 0 Å². The molecule has 0 spiro atoms. The van der Waals surface area contributed by atoms with Crippen LogP contribution in [-0.2, 0) is 0 Å². The molecule has 0 atom stereocenters. The Bertz CT molecular complexity index is 827. The van der Waals surface area contributed by atoms with Crippen molar-refractivity contribution in [2.24, 2.45) is 0 Å². The number of carbonyl (C=O) groups is 1. The highest BCUT2D eigenvalue weighted by Crippen LogP contribution is 2.24. The Kier molecular flexibility index (Phi) is 2.83. The number of rotatable bonds is 2. The molecule has 6 nitrogen and oxygen atoms in total. The van der Waals surface area contributed by atoms with Gasteiger partial charge in [-0.25, -0.2) is 4.98 Å². The highest BCUT2D eigenvalue weighted by atomic mass is 16.2. The Morgan fingerprint density at radius 3 is 2.95 bits per heavy atom. The molecule has 6 heteroatoms. The first kappa shape index (κ1) is 12.2. The molecule has 1 amide bonds. The van der Waals surface area contributed by atoms with Gasteiger partial charge in [0.05, 0.1) is 11.9 Å². The van der Waals surface area contributed by atoms with E-state index in [0.29, 0.717) is 5.69 Å². The lowest BCUT2D eigenvalue weighted by molar-refractivity contribution is 0.102. The normalized spacial score (nSPS) is 10.7. The van der Waals surface area contributed by atoms with Crippen LogP contribution in [-0.4, -0.2) is 20.9 Å². The van der Waals surface area contributed by atoms with E-state index >= 15 is 0 Å². The summed E-state index contributed by atoms with van der Waals surface area (Å²) in [6.07, 6.45) is 2.37. The van der Waals surface area contributed by atoms with Gasteiger partial charge in [-0.15, -0.1) is 0 Å². The van der Waals surface area contributed by atoms with Crippen molar-refractivity contribution < 1.29 is 4.79 Å². The fourth-order valence-electron chi connectivity index (χ4n) is 2.06. The first-order valence-electron chi connectivity index (χ1n) is 6.08. The van der Waals surface area contributed by atoms with Crippen LogP contribution in [0, 0.1) is 6.92 Å². The van der Waals surface area contributed by atoms with Gasteiger partial charge < -0.3 is 15.3 Å². The lowest BCUT2D eigenvalue weighted by Gasteiger charge is -2.05. The summed E-state index contributed by atoms with van der Waals surface area (Å²) in [4.78, 5) is 32.4. The van der Waals surface area contributed by atoms with Crippen LogP contribution in [0.2, 0.25) is 0 Å². The van der Waals surface area contributed by atoms with Crippen molar-refractivity contribution in [3.05, 3.63) is 58.4 Å². The zero-order valence-corrected chi connectivity index (χ0v) is 10.7. The number of carbonyl (C=O) groups excluding carboxylic acids is 1. The van der Waals surface area contributed by atoms with E-state index in [1.54, 1.807) is 0 Å². The molecule has 3 N–H and O–H groups in total. The number of H-pyrrole nitrogens is 2. The van der Waals surface area contributed by atoms with Gasteiger partial charge in [-0.2, -0.15) is 0 Å². The van der Waals surface area contributed by atoms with Crippen molar-refractivity contribution in [3.8, 4) is 0 Å². The second-order valence-electron chi connectivity index (χ2n) is 4.47. The molecular weight excluding hydrogens is 256 g/mol. The maximum absolute atomic E-state index is 12.1. The average Bonchev–Trinajstić information content (AvgIpc) is 2.81. The van der Waals surface area contributed by atoms with Gasteiger partial charge in [0.2, 0.25) is 0 Å². The number of benzene rings is 1. The number of fused-ring (bicyclic) bond motifs is 1. The third kappa shape index (κ3) is 2.18. The Labute approximate surface area is 113 Å². The number of nitrogens with zero attached hydrogens (tertiary/aromatic N) is 1. The summed E-state index contributed by atoms with van der Waals surface area (Å²) >= 11 is 0. The monoisotopic (exact) mass is 268 g/mol. The number of aryl methyl sites for hydroxylation is 1. The number of aromatic amines is 2. The van der Waals surface area contributed by atoms with Gasteiger partial charge in [0.15, 0.2) is 0 Å². The van der Waals surface area contributed by atoms with Crippen molar-refractivity contribution in [2.75, 3.05) is 5.32 Å². The van der Waals surface area contributed by atoms with E-state index in [0.717, 1.165) is 22.8 Å². The van der Waals surface area contributed by atoms with E-state index in [1.807, 2.05) is 31.2 Å². The Morgan fingerprint density at radius 2 is 2.20 bits per heavy atom. The molecule has 2 heterocycles. The molecule has 20 heavy (non-hydrogen) atoms. The maximum Gasteiger partial charge on any atom is 0.275 e. The van der Waals surface area contributed by atoms with Crippen molar-refractivity contribution in [1.82, 2.24) is 15.0 Å². The molecule has 0 unspecified atom stereocenters. The smallest absolute Gasteiger partial charge is 0.275 e. The summed E-state index contributed by atoms with van der Waals surface area (Å²) in [6, 6.07) is 7.58. The summed E-state index contributed by atoms with van der Waals surface area (Å²) in [5.74, 6) is -0.368. The fraction of sp³-hybridized carbons (Fsp3) is 0.0714. The number of hydrogen-bond donors (Lipinski definition) is 3.